The van der Waals surface area contributed by atoms with Crippen molar-refractivity contribution < 1.29 is 19.5 Å². The number of nitrogens with zero attached hydrogens (tertiary/aromatic N) is 2. The zero-order valence-corrected chi connectivity index (χ0v) is 16.4. The minimum absolute atomic E-state index is 0.0852. The smallest absolute Gasteiger partial charge is 0.316 e. The van der Waals surface area contributed by atoms with E-state index in [2.05, 4.69) is 17.3 Å². The highest BCUT2D eigenvalue weighted by Crippen LogP contribution is 2.32. The van der Waals surface area contributed by atoms with Crippen molar-refractivity contribution in [3.63, 3.8) is 0 Å². The van der Waals surface area contributed by atoms with Gasteiger partial charge < -0.3 is 20.2 Å². The summed E-state index contributed by atoms with van der Waals surface area (Å²) in [5.74, 6) is -2.49. The summed E-state index contributed by atoms with van der Waals surface area (Å²) in [5.41, 5.74) is 1.44. The first-order valence-electron chi connectivity index (χ1n) is 10.0. The molecule has 2 N–H and O–H groups in total. The van der Waals surface area contributed by atoms with Crippen molar-refractivity contribution in [3.8, 4) is 0 Å². The van der Waals surface area contributed by atoms with Gasteiger partial charge in [-0.05, 0) is 43.5 Å². The number of carboxylic acid groups (broad SMARTS) is 1. The summed E-state index contributed by atoms with van der Waals surface area (Å²) in [5, 5.41) is 12.2. The van der Waals surface area contributed by atoms with Crippen LogP contribution >= 0.6 is 0 Å². The normalized spacial score (nSPS) is 19.4. The van der Waals surface area contributed by atoms with Crippen LogP contribution in [0, 0.1) is 11.8 Å². The van der Waals surface area contributed by atoms with Crippen LogP contribution in [0.5, 0.6) is 0 Å². The molecule has 0 bridgehead atoms. The van der Waals surface area contributed by atoms with Crippen LogP contribution in [0.3, 0.4) is 0 Å². The summed E-state index contributed by atoms with van der Waals surface area (Å²) in [4.78, 5) is 40.5. The molecule has 3 rings (SSSR count). The Hall–Kier alpha value is -2.41. The van der Waals surface area contributed by atoms with Gasteiger partial charge in [-0.3, -0.25) is 14.4 Å². The second kappa shape index (κ2) is 9.19. The van der Waals surface area contributed by atoms with E-state index in [1.165, 1.54) is 0 Å². The average Bonchev–Trinajstić information content (AvgIpc) is 3.17. The van der Waals surface area contributed by atoms with Gasteiger partial charge >= 0.3 is 5.97 Å². The van der Waals surface area contributed by atoms with Crippen molar-refractivity contribution in [1.82, 2.24) is 9.80 Å². The van der Waals surface area contributed by atoms with Crippen molar-refractivity contribution in [2.24, 2.45) is 11.8 Å². The minimum atomic E-state index is -1.06. The molecule has 0 spiro atoms. The number of anilines is 1. The molecule has 7 nitrogen and oxygen atoms in total. The van der Waals surface area contributed by atoms with Crippen LogP contribution in [-0.2, 0) is 20.8 Å². The fraction of sp³-hybridized carbons (Fsp3) is 0.571. The lowest BCUT2D eigenvalue weighted by Gasteiger charge is -2.32. The number of rotatable bonds is 6. The predicted octanol–water partition coefficient (Wildman–Crippen LogP) is 1.83. The molecule has 152 valence electrons. The first-order valence-corrected chi connectivity index (χ1v) is 10.0. The Bertz CT molecular complexity index is 705. The fourth-order valence-corrected chi connectivity index (χ4v) is 4.09. The molecule has 1 aliphatic carbocycles. The Kier molecular flexibility index (Phi) is 6.67. The molecule has 1 saturated heterocycles. The van der Waals surface area contributed by atoms with Crippen LogP contribution in [0.15, 0.2) is 24.3 Å². The number of hydrogen-bond acceptors (Lipinski definition) is 4. The van der Waals surface area contributed by atoms with E-state index in [1.54, 1.807) is 12.1 Å². The summed E-state index contributed by atoms with van der Waals surface area (Å²) < 4.78 is 0. The van der Waals surface area contributed by atoms with Crippen LogP contribution in [0.2, 0.25) is 0 Å². The van der Waals surface area contributed by atoms with E-state index in [9.17, 15) is 19.5 Å². The number of carboxylic acids is 1. The molecule has 0 radical (unpaired) electrons. The topological polar surface area (TPSA) is 90.0 Å². The summed E-state index contributed by atoms with van der Waals surface area (Å²) >= 11 is 0. The standard InChI is InChI=1S/C21H29N3O4/c1-23-10-12-24(13-11-23)18(25)14-15-6-8-17(9-7-15)22-20(26)19(21(27)28)16-4-2-3-5-16/h6-9,16,19H,2-5,10-14H2,1H3,(H,22,26)(H,27,28). The molecule has 1 aromatic carbocycles. The molecule has 0 aromatic heterocycles. The molecule has 1 heterocycles. The minimum Gasteiger partial charge on any atom is -0.481 e. The zero-order valence-electron chi connectivity index (χ0n) is 16.4. The lowest BCUT2D eigenvalue weighted by atomic mass is 9.90. The van der Waals surface area contributed by atoms with Crippen LogP contribution in [0.25, 0.3) is 0 Å². The highest BCUT2D eigenvalue weighted by molar-refractivity contribution is 6.04. The molecule has 2 amide bonds. The number of piperazine rings is 1. The Morgan fingerprint density at radius 3 is 2.25 bits per heavy atom. The second-order valence-electron chi connectivity index (χ2n) is 7.91. The van der Waals surface area contributed by atoms with E-state index in [4.69, 9.17) is 0 Å². The number of likely N-dealkylation sites (N-methyl/N-ethyl adjacent to an activating group) is 1. The van der Waals surface area contributed by atoms with Crippen LogP contribution < -0.4 is 5.32 Å². The monoisotopic (exact) mass is 387 g/mol. The van der Waals surface area contributed by atoms with Gasteiger partial charge in [0.15, 0.2) is 0 Å². The number of carbonyl (C=O) groups excluding carboxylic acids is 2. The number of benzene rings is 1. The Morgan fingerprint density at radius 1 is 1.07 bits per heavy atom. The maximum absolute atomic E-state index is 12.5. The van der Waals surface area contributed by atoms with E-state index >= 15 is 0 Å². The highest BCUT2D eigenvalue weighted by atomic mass is 16.4. The lowest BCUT2D eigenvalue weighted by Crippen LogP contribution is -2.47. The second-order valence-corrected chi connectivity index (χ2v) is 7.91. The molecule has 2 fully saturated rings. The van der Waals surface area contributed by atoms with Gasteiger partial charge in [-0.25, -0.2) is 0 Å². The van der Waals surface area contributed by atoms with E-state index in [0.29, 0.717) is 12.1 Å². The van der Waals surface area contributed by atoms with Gasteiger partial charge in [0.25, 0.3) is 0 Å². The molecule has 28 heavy (non-hydrogen) atoms. The summed E-state index contributed by atoms with van der Waals surface area (Å²) in [6, 6.07) is 7.10. The molecule has 1 unspecified atom stereocenters. The molecular formula is C21H29N3O4. The molecule has 1 aliphatic heterocycles. The lowest BCUT2D eigenvalue weighted by molar-refractivity contribution is -0.147. The number of amides is 2. The van der Waals surface area contributed by atoms with Crippen molar-refractivity contribution >= 4 is 23.5 Å². The van der Waals surface area contributed by atoms with Gasteiger partial charge in [-0.2, -0.15) is 0 Å². The average molecular weight is 387 g/mol. The van der Waals surface area contributed by atoms with E-state index in [1.807, 2.05) is 17.0 Å². The predicted molar refractivity (Wildman–Crippen MR) is 106 cm³/mol. The van der Waals surface area contributed by atoms with Gasteiger partial charge in [0, 0.05) is 31.9 Å². The van der Waals surface area contributed by atoms with Crippen LogP contribution in [0.4, 0.5) is 5.69 Å². The molecule has 1 atom stereocenters. The van der Waals surface area contributed by atoms with Gasteiger partial charge in [-0.1, -0.05) is 25.0 Å². The number of aliphatic carboxylic acids is 1. The maximum Gasteiger partial charge on any atom is 0.316 e. The van der Waals surface area contributed by atoms with Crippen molar-refractivity contribution in [3.05, 3.63) is 29.8 Å². The SMILES string of the molecule is CN1CCN(C(=O)Cc2ccc(NC(=O)C(C(=O)O)C3CCCC3)cc2)CC1. The summed E-state index contributed by atoms with van der Waals surface area (Å²) in [7, 11) is 2.05. The third-order valence-electron chi connectivity index (χ3n) is 5.85. The van der Waals surface area contributed by atoms with Gasteiger partial charge in [-0.15, -0.1) is 0 Å². The highest BCUT2D eigenvalue weighted by Gasteiger charge is 2.36. The van der Waals surface area contributed by atoms with Gasteiger partial charge in [0.2, 0.25) is 11.8 Å². The van der Waals surface area contributed by atoms with Gasteiger partial charge in [0.05, 0.1) is 6.42 Å². The van der Waals surface area contributed by atoms with Crippen molar-refractivity contribution in [2.75, 3.05) is 38.5 Å². The summed E-state index contributed by atoms with van der Waals surface area (Å²) in [6.07, 6.45) is 3.88. The number of hydrogen-bond donors (Lipinski definition) is 2. The Balaban J connectivity index is 1.55. The fourth-order valence-electron chi connectivity index (χ4n) is 4.09. The first kappa shape index (κ1) is 20.3. The maximum atomic E-state index is 12.5. The third kappa shape index (κ3) is 5.10. The number of nitrogens with one attached hydrogen (secondary N) is 1. The molecule has 7 heteroatoms. The van der Waals surface area contributed by atoms with Crippen LogP contribution in [0.1, 0.15) is 31.2 Å². The molecular weight excluding hydrogens is 358 g/mol. The first-order chi connectivity index (χ1) is 13.4. The van der Waals surface area contributed by atoms with Crippen LogP contribution in [-0.4, -0.2) is 65.9 Å². The third-order valence-corrected chi connectivity index (χ3v) is 5.85. The van der Waals surface area contributed by atoms with E-state index in [-0.39, 0.29) is 11.8 Å². The van der Waals surface area contributed by atoms with Crippen molar-refractivity contribution in [1.29, 1.82) is 0 Å². The summed E-state index contributed by atoms with van der Waals surface area (Å²) in [6.45, 7) is 3.29. The largest absolute Gasteiger partial charge is 0.481 e. The van der Waals surface area contributed by atoms with Gasteiger partial charge in [0.1, 0.15) is 5.92 Å². The number of carbonyl (C=O) groups is 3. The molecule has 2 aliphatic rings. The Morgan fingerprint density at radius 2 is 1.68 bits per heavy atom. The van der Waals surface area contributed by atoms with Crippen molar-refractivity contribution in [2.45, 2.75) is 32.1 Å². The Labute approximate surface area is 165 Å². The molecule has 1 saturated carbocycles. The molecule has 1 aromatic rings. The van der Waals surface area contributed by atoms with E-state index < -0.39 is 17.8 Å². The van der Waals surface area contributed by atoms with E-state index in [0.717, 1.165) is 57.4 Å². The quantitative estimate of drug-likeness (QED) is 0.727. The zero-order chi connectivity index (χ0) is 20.1.